The molecule has 1 unspecified atom stereocenters. The summed E-state index contributed by atoms with van der Waals surface area (Å²) in [5.74, 6) is 0.949. The summed E-state index contributed by atoms with van der Waals surface area (Å²) in [5.41, 5.74) is 0. The molecule has 0 aromatic heterocycles. The third-order valence-electron chi connectivity index (χ3n) is 1.48. The molecular weight excluding hydrogens is 156 g/mol. The summed E-state index contributed by atoms with van der Waals surface area (Å²) < 4.78 is 0. The van der Waals surface area contributed by atoms with Crippen LogP contribution in [0.5, 0.6) is 0 Å². The van der Waals surface area contributed by atoms with Gasteiger partial charge in [0.05, 0.1) is 0 Å². The van der Waals surface area contributed by atoms with E-state index in [1.165, 1.54) is 25.6 Å². The first-order chi connectivity index (χ1) is 5.31. The molecule has 0 saturated heterocycles. The molecule has 0 radical (unpaired) electrons. The fraction of sp³-hybridized carbons (Fsp3) is 1.00. The molecular formula is C10H25Cl. The Hall–Kier alpha value is 0.290. The predicted molar refractivity (Wildman–Crippen MR) is 57.5 cm³/mol. The van der Waals surface area contributed by atoms with Crippen LogP contribution < -0.4 is 0 Å². The normalized spacial score (nSPS) is 10.1. The van der Waals surface area contributed by atoms with Gasteiger partial charge >= 0.3 is 0 Å². The Balaban J connectivity index is -0.000000138. The lowest BCUT2D eigenvalue weighted by Crippen LogP contribution is -1.88. The molecule has 1 atom stereocenters. The summed E-state index contributed by atoms with van der Waals surface area (Å²) in [6.45, 7) is 10.8. The summed E-state index contributed by atoms with van der Waals surface area (Å²) in [5, 5.41) is 0. The van der Waals surface area contributed by atoms with E-state index in [4.69, 9.17) is 0 Å². The van der Waals surface area contributed by atoms with E-state index < -0.39 is 0 Å². The molecule has 0 aliphatic heterocycles. The van der Waals surface area contributed by atoms with E-state index in [2.05, 4.69) is 32.4 Å². The van der Waals surface area contributed by atoms with Crippen LogP contribution in [0.15, 0.2) is 0 Å². The van der Waals surface area contributed by atoms with Gasteiger partial charge in [-0.3, -0.25) is 0 Å². The molecule has 0 aromatic carbocycles. The lowest BCUT2D eigenvalue weighted by atomic mass is 10.0. The van der Waals surface area contributed by atoms with Crippen molar-refractivity contribution in [1.82, 2.24) is 0 Å². The maximum Gasteiger partial charge on any atom is 0.0108 e. The van der Waals surface area contributed by atoms with E-state index in [1.807, 2.05) is 13.8 Å². The monoisotopic (exact) mass is 180 g/mol. The molecule has 0 amide bonds. The first-order valence-electron chi connectivity index (χ1n) is 4.69. The van der Waals surface area contributed by atoms with Crippen molar-refractivity contribution in [2.45, 2.75) is 53.9 Å². The highest BCUT2D eigenvalue weighted by Gasteiger charge is 1.92. The van der Waals surface area contributed by atoms with Gasteiger partial charge in [-0.05, 0) is 5.92 Å². The van der Waals surface area contributed by atoms with Crippen LogP contribution in [0.3, 0.4) is 0 Å². The van der Waals surface area contributed by atoms with Crippen molar-refractivity contribution in [2.75, 3.05) is 6.38 Å². The quantitative estimate of drug-likeness (QED) is 0.552. The second-order valence-electron chi connectivity index (χ2n) is 2.30. The highest BCUT2D eigenvalue weighted by Crippen LogP contribution is 2.07. The average Bonchev–Trinajstić information content (AvgIpc) is 2.12. The van der Waals surface area contributed by atoms with Crippen LogP contribution in [-0.4, -0.2) is 6.38 Å². The summed E-state index contributed by atoms with van der Waals surface area (Å²) >= 11 is 4.64. The summed E-state index contributed by atoms with van der Waals surface area (Å²) in [6.07, 6.45) is 5.55. The van der Waals surface area contributed by atoms with Crippen LogP contribution in [-0.2, 0) is 0 Å². The second kappa shape index (κ2) is 22.4. The molecule has 0 spiro atoms. The number of rotatable bonds is 3. The maximum absolute atomic E-state index is 4.64. The van der Waals surface area contributed by atoms with Crippen molar-refractivity contribution in [1.29, 1.82) is 0 Å². The van der Waals surface area contributed by atoms with Gasteiger partial charge in [-0.25, -0.2) is 0 Å². The third kappa shape index (κ3) is 25.3. The standard InChI is InChI=1S/C7H16.C2H6.CH3Cl/c1-4-6-7(3)5-2;2*1-2/h7H,4-6H2,1-3H3;1-2H3;1H3. The van der Waals surface area contributed by atoms with E-state index in [0.29, 0.717) is 0 Å². The van der Waals surface area contributed by atoms with Crippen LogP contribution in [0.4, 0.5) is 0 Å². The van der Waals surface area contributed by atoms with Crippen LogP contribution in [0.25, 0.3) is 0 Å². The molecule has 0 bridgehead atoms. The van der Waals surface area contributed by atoms with Crippen molar-refractivity contribution in [3.05, 3.63) is 0 Å². The fourth-order valence-electron chi connectivity index (χ4n) is 0.697. The van der Waals surface area contributed by atoms with Crippen LogP contribution in [0.1, 0.15) is 53.9 Å². The Morgan fingerprint density at radius 3 is 1.55 bits per heavy atom. The van der Waals surface area contributed by atoms with Crippen molar-refractivity contribution < 1.29 is 0 Å². The number of alkyl halides is 1. The van der Waals surface area contributed by atoms with Crippen molar-refractivity contribution in [3.63, 3.8) is 0 Å². The van der Waals surface area contributed by atoms with E-state index in [9.17, 15) is 0 Å². The molecule has 1 heteroatoms. The Kier molecular flexibility index (Phi) is 35.5. The Morgan fingerprint density at radius 1 is 1.09 bits per heavy atom. The van der Waals surface area contributed by atoms with E-state index >= 15 is 0 Å². The number of hydrogen-bond acceptors (Lipinski definition) is 0. The summed E-state index contributed by atoms with van der Waals surface area (Å²) in [4.78, 5) is 0. The lowest BCUT2D eigenvalue weighted by molar-refractivity contribution is 0.509. The van der Waals surface area contributed by atoms with Crippen molar-refractivity contribution in [2.24, 2.45) is 5.92 Å². The molecule has 11 heavy (non-hydrogen) atoms. The van der Waals surface area contributed by atoms with E-state index in [1.54, 1.807) is 0 Å². The average molecular weight is 181 g/mol. The molecule has 0 rings (SSSR count). The molecule has 0 nitrogen and oxygen atoms in total. The maximum atomic E-state index is 4.64. The van der Waals surface area contributed by atoms with E-state index in [-0.39, 0.29) is 0 Å². The minimum Gasteiger partial charge on any atom is -0.130 e. The second-order valence-corrected chi connectivity index (χ2v) is 2.30. The fourth-order valence-corrected chi connectivity index (χ4v) is 0.697. The Labute approximate surface area is 78.3 Å². The van der Waals surface area contributed by atoms with Gasteiger partial charge in [0.2, 0.25) is 0 Å². The van der Waals surface area contributed by atoms with Crippen molar-refractivity contribution >= 4 is 11.6 Å². The van der Waals surface area contributed by atoms with Gasteiger partial charge in [-0.15, -0.1) is 11.6 Å². The first kappa shape index (κ1) is 17.4. The smallest absolute Gasteiger partial charge is 0.0108 e. The molecule has 0 aliphatic carbocycles. The number of halogens is 1. The highest BCUT2D eigenvalue weighted by molar-refractivity contribution is 6.15. The minimum atomic E-state index is 0.949. The molecule has 0 saturated carbocycles. The van der Waals surface area contributed by atoms with Gasteiger partial charge in [0.15, 0.2) is 0 Å². The van der Waals surface area contributed by atoms with Gasteiger partial charge in [0.25, 0.3) is 0 Å². The van der Waals surface area contributed by atoms with Crippen molar-refractivity contribution in [3.8, 4) is 0 Å². The highest BCUT2D eigenvalue weighted by atomic mass is 35.5. The molecule has 0 fully saturated rings. The van der Waals surface area contributed by atoms with Gasteiger partial charge in [-0.2, -0.15) is 0 Å². The van der Waals surface area contributed by atoms with Gasteiger partial charge < -0.3 is 0 Å². The van der Waals surface area contributed by atoms with Gasteiger partial charge in [-0.1, -0.05) is 53.9 Å². The van der Waals surface area contributed by atoms with Crippen LogP contribution in [0.2, 0.25) is 0 Å². The minimum absolute atomic E-state index is 0.949. The van der Waals surface area contributed by atoms with Gasteiger partial charge in [0.1, 0.15) is 0 Å². The SMILES string of the molecule is CC.CCCC(C)CC.CCl. The molecule has 0 N–H and O–H groups in total. The van der Waals surface area contributed by atoms with Crippen LogP contribution >= 0.6 is 11.6 Å². The molecule has 0 aliphatic rings. The largest absolute Gasteiger partial charge is 0.130 e. The van der Waals surface area contributed by atoms with Crippen LogP contribution in [0, 0.1) is 5.92 Å². The topological polar surface area (TPSA) is 0 Å². The zero-order valence-electron chi connectivity index (χ0n) is 9.08. The first-order valence-corrected chi connectivity index (χ1v) is 5.44. The third-order valence-corrected chi connectivity index (χ3v) is 1.48. The molecule has 72 valence electrons. The zero-order valence-corrected chi connectivity index (χ0v) is 9.83. The lowest BCUT2D eigenvalue weighted by Gasteiger charge is -2.02. The molecule has 0 aromatic rings. The predicted octanol–water partition coefficient (Wildman–Crippen LogP) is 4.71. The summed E-state index contributed by atoms with van der Waals surface area (Å²) in [6, 6.07) is 0. The number of hydrogen-bond donors (Lipinski definition) is 0. The Morgan fingerprint density at radius 2 is 1.45 bits per heavy atom. The summed E-state index contributed by atoms with van der Waals surface area (Å²) in [7, 11) is 0. The van der Waals surface area contributed by atoms with Gasteiger partial charge in [0, 0.05) is 6.38 Å². The zero-order chi connectivity index (χ0) is 9.70. The molecule has 0 heterocycles. The Bertz CT molecular complexity index is 35.9. The van der Waals surface area contributed by atoms with E-state index in [0.717, 1.165) is 5.92 Å².